The lowest BCUT2D eigenvalue weighted by molar-refractivity contribution is -0.141. The summed E-state index contributed by atoms with van der Waals surface area (Å²) in [4.78, 5) is 26.3. The van der Waals surface area contributed by atoms with E-state index in [1.165, 1.54) is 0 Å². The normalized spacial score (nSPS) is 15.1. The molecule has 0 aromatic heterocycles. The van der Waals surface area contributed by atoms with Crippen LogP contribution in [0.15, 0.2) is 42.0 Å². The van der Waals surface area contributed by atoms with E-state index in [9.17, 15) is 9.59 Å². The number of Topliss-reactive ketones (excluding diaryl/α,β-unsaturated/α-hetero) is 1. The van der Waals surface area contributed by atoms with E-state index < -0.39 is 5.97 Å². The molecule has 1 aromatic rings. The van der Waals surface area contributed by atoms with Crippen molar-refractivity contribution in [2.75, 3.05) is 20.6 Å². The van der Waals surface area contributed by atoms with Gasteiger partial charge in [0, 0.05) is 12.5 Å². The number of ether oxygens (including phenoxy) is 1. The molecule has 0 aliphatic heterocycles. The van der Waals surface area contributed by atoms with Crippen LogP contribution in [-0.4, -0.2) is 37.3 Å². The van der Waals surface area contributed by atoms with E-state index in [1.807, 2.05) is 49.3 Å². The second-order valence-corrected chi connectivity index (χ2v) is 5.58. The summed E-state index contributed by atoms with van der Waals surface area (Å²) in [5.74, 6) is -0.574. The minimum absolute atomic E-state index is 0.0164. The van der Waals surface area contributed by atoms with Gasteiger partial charge in [-0.2, -0.15) is 0 Å². The van der Waals surface area contributed by atoms with Crippen LogP contribution in [-0.2, 0) is 20.9 Å². The maximum atomic E-state index is 12.2. The fourth-order valence-corrected chi connectivity index (χ4v) is 1.92. The predicted molar refractivity (Wildman–Crippen MR) is 80.6 cm³/mol. The third-order valence-electron chi connectivity index (χ3n) is 3.31. The van der Waals surface area contributed by atoms with Crippen LogP contribution in [0.5, 0.6) is 0 Å². The molecule has 112 valence electrons. The Bertz CT molecular complexity index is 530. The summed E-state index contributed by atoms with van der Waals surface area (Å²) in [5, 5.41) is 0. The Morgan fingerprint density at radius 2 is 1.90 bits per heavy atom. The number of rotatable bonds is 7. The standard InChI is InChI=1S/C17H21NO3/c1-18(2)11-10-15(16(19)14-8-9-14)17(20)21-12-13-6-4-3-5-7-13/h3-7,10,14H,8-9,11-12H2,1-2H3. The number of likely N-dealkylation sites (N-methyl/N-ethyl adjacent to an activating group) is 1. The van der Waals surface area contributed by atoms with Crippen molar-refractivity contribution in [1.29, 1.82) is 0 Å². The van der Waals surface area contributed by atoms with Gasteiger partial charge in [-0.05, 0) is 32.5 Å². The predicted octanol–water partition coefficient (Wildman–Crippen LogP) is 2.20. The molecule has 0 N–H and O–H groups in total. The molecule has 0 spiro atoms. The number of hydrogen-bond donors (Lipinski definition) is 0. The van der Waals surface area contributed by atoms with Crippen LogP contribution in [0.3, 0.4) is 0 Å². The van der Waals surface area contributed by atoms with Crippen LogP contribution >= 0.6 is 0 Å². The van der Waals surface area contributed by atoms with Crippen LogP contribution < -0.4 is 0 Å². The Balaban J connectivity index is 2.00. The fourth-order valence-electron chi connectivity index (χ4n) is 1.92. The molecule has 0 unspecified atom stereocenters. The molecule has 4 nitrogen and oxygen atoms in total. The van der Waals surface area contributed by atoms with E-state index in [0.717, 1.165) is 18.4 Å². The molecule has 0 bridgehead atoms. The minimum Gasteiger partial charge on any atom is -0.457 e. The molecule has 1 saturated carbocycles. The molecule has 0 saturated heterocycles. The molecule has 1 aliphatic rings. The highest BCUT2D eigenvalue weighted by molar-refractivity contribution is 6.18. The van der Waals surface area contributed by atoms with E-state index in [4.69, 9.17) is 4.74 Å². The number of benzene rings is 1. The third-order valence-corrected chi connectivity index (χ3v) is 3.31. The summed E-state index contributed by atoms with van der Waals surface area (Å²) in [6.07, 6.45) is 3.43. The van der Waals surface area contributed by atoms with Gasteiger partial charge < -0.3 is 9.64 Å². The minimum atomic E-state index is -0.516. The first-order valence-corrected chi connectivity index (χ1v) is 7.18. The number of carbonyl (C=O) groups excluding carboxylic acids is 2. The van der Waals surface area contributed by atoms with Crippen LogP contribution in [0.2, 0.25) is 0 Å². The van der Waals surface area contributed by atoms with Crippen LogP contribution in [0, 0.1) is 5.92 Å². The Hall–Kier alpha value is -1.94. The molecule has 0 atom stereocenters. The average Bonchev–Trinajstić information content (AvgIpc) is 3.30. The Morgan fingerprint density at radius 3 is 2.48 bits per heavy atom. The highest BCUT2D eigenvalue weighted by Gasteiger charge is 2.34. The highest BCUT2D eigenvalue weighted by atomic mass is 16.5. The van der Waals surface area contributed by atoms with Gasteiger partial charge in [0.2, 0.25) is 0 Å². The van der Waals surface area contributed by atoms with Gasteiger partial charge in [0.25, 0.3) is 0 Å². The van der Waals surface area contributed by atoms with Gasteiger partial charge in [0.1, 0.15) is 12.2 Å². The molecule has 0 heterocycles. The van der Waals surface area contributed by atoms with Gasteiger partial charge in [-0.25, -0.2) is 4.79 Å². The third kappa shape index (κ3) is 4.83. The monoisotopic (exact) mass is 287 g/mol. The highest BCUT2D eigenvalue weighted by Crippen LogP contribution is 2.32. The van der Waals surface area contributed by atoms with Gasteiger partial charge in [0.05, 0.1) is 0 Å². The summed E-state index contributed by atoms with van der Waals surface area (Å²) in [7, 11) is 3.79. The molecular formula is C17H21NO3. The van der Waals surface area contributed by atoms with Crippen molar-refractivity contribution in [3.8, 4) is 0 Å². The van der Waals surface area contributed by atoms with Gasteiger partial charge in [0.15, 0.2) is 5.78 Å². The number of carbonyl (C=O) groups is 2. The second kappa shape index (κ2) is 7.18. The molecule has 21 heavy (non-hydrogen) atoms. The van der Waals surface area contributed by atoms with Crippen LogP contribution in [0.4, 0.5) is 0 Å². The molecule has 2 rings (SSSR count). The summed E-state index contributed by atoms with van der Waals surface area (Å²) in [6.45, 7) is 0.741. The first-order valence-electron chi connectivity index (χ1n) is 7.18. The van der Waals surface area contributed by atoms with Crippen molar-refractivity contribution in [2.24, 2.45) is 5.92 Å². The maximum absolute atomic E-state index is 12.2. The first kappa shape index (κ1) is 15.4. The zero-order chi connectivity index (χ0) is 15.2. The van der Waals surface area contributed by atoms with Gasteiger partial charge in [-0.3, -0.25) is 4.79 Å². The molecule has 4 heteroatoms. The van der Waals surface area contributed by atoms with E-state index in [-0.39, 0.29) is 23.9 Å². The fraction of sp³-hybridized carbons (Fsp3) is 0.412. The lowest BCUT2D eigenvalue weighted by Crippen LogP contribution is -2.20. The molecule has 1 aromatic carbocycles. The molecule has 0 amide bonds. The van der Waals surface area contributed by atoms with Crippen molar-refractivity contribution in [1.82, 2.24) is 4.90 Å². The zero-order valence-corrected chi connectivity index (χ0v) is 12.5. The summed E-state index contributed by atoms with van der Waals surface area (Å²) >= 11 is 0. The van der Waals surface area contributed by atoms with Crippen LogP contribution in [0.1, 0.15) is 18.4 Å². The topological polar surface area (TPSA) is 46.6 Å². The molecule has 1 aliphatic carbocycles. The SMILES string of the molecule is CN(C)CC=C(C(=O)OCc1ccccc1)C(=O)C1CC1. The second-order valence-electron chi connectivity index (χ2n) is 5.58. The molecule has 0 radical (unpaired) electrons. The lowest BCUT2D eigenvalue weighted by Gasteiger charge is -2.10. The smallest absolute Gasteiger partial charge is 0.341 e. The molecular weight excluding hydrogens is 266 g/mol. The maximum Gasteiger partial charge on any atom is 0.341 e. The van der Waals surface area contributed by atoms with Gasteiger partial charge in [-0.1, -0.05) is 36.4 Å². The van der Waals surface area contributed by atoms with E-state index in [2.05, 4.69) is 0 Å². The Morgan fingerprint density at radius 1 is 1.24 bits per heavy atom. The van der Waals surface area contributed by atoms with Crippen molar-refractivity contribution >= 4 is 11.8 Å². The quantitative estimate of drug-likeness (QED) is 0.334. The molecule has 1 fully saturated rings. The van der Waals surface area contributed by atoms with Gasteiger partial charge >= 0.3 is 5.97 Å². The van der Waals surface area contributed by atoms with E-state index in [1.54, 1.807) is 6.08 Å². The average molecular weight is 287 g/mol. The van der Waals surface area contributed by atoms with Crippen molar-refractivity contribution in [3.63, 3.8) is 0 Å². The number of ketones is 1. The van der Waals surface area contributed by atoms with Gasteiger partial charge in [-0.15, -0.1) is 0 Å². The van der Waals surface area contributed by atoms with E-state index >= 15 is 0 Å². The van der Waals surface area contributed by atoms with E-state index in [0.29, 0.717) is 6.54 Å². The lowest BCUT2D eigenvalue weighted by atomic mass is 10.1. The van der Waals surface area contributed by atoms with Crippen molar-refractivity contribution in [2.45, 2.75) is 19.4 Å². The summed E-state index contributed by atoms with van der Waals surface area (Å²) in [5.41, 5.74) is 1.11. The zero-order valence-electron chi connectivity index (χ0n) is 12.5. The Labute approximate surface area is 125 Å². The first-order chi connectivity index (χ1) is 10.1. The van der Waals surface area contributed by atoms with Crippen LogP contribution in [0.25, 0.3) is 0 Å². The van der Waals surface area contributed by atoms with Crippen molar-refractivity contribution in [3.05, 3.63) is 47.5 Å². The summed E-state index contributed by atoms with van der Waals surface area (Å²) in [6, 6.07) is 9.46. The summed E-state index contributed by atoms with van der Waals surface area (Å²) < 4.78 is 5.28. The van der Waals surface area contributed by atoms with Crippen molar-refractivity contribution < 1.29 is 14.3 Å². The number of esters is 1. The number of nitrogens with zero attached hydrogens (tertiary/aromatic N) is 1. The Kier molecular flexibility index (Phi) is 5.28. The largest absolute Gasteiger partial charge is 0.457 e. The number of hydrogen-bond acceptors (Lipinski definition) is 4.